The number of hydrogen-bond acceptors (Lipinski definition) is 4. The first-order chi connectivity index (χ1) is 9.13. The van der Waals surface area contributed by atoms with E-state index in [9.17, 15) is 0 Å². The summed E-state index contributed by atoms with van der Waals surface area (Å²) in [6, 6.07) is 6.76. The average Bonchev–Trinajstić information content (AvgIpc) is 2.79. The minimum absolute atomic E-state index is 0.471. The number of nitrogens with zero attached hydrogens (tertiary/aromatic N) is 2. The molecule has 0 bridgehead atoms. The van der Waals surface area contributed by atoms with Crippen molar-refractivity contribution in [3.05, 3.63) is 30.0 Å². The van der Waals surface area contributed by atoms with Crippen LogP contribution in [0.1, 0.15) is 12.0 Å². The molecule has 1 unspecified atom stereocenters. The second-order valence-electron chi connectivity index (χ2n) is 5.50. The highest BCUT2D eigenvalue weighted by Crippen LogP contribution is 2.30. The molecule has 0 aliphatic carbocycles. The first kappa shape index (κ1) is 12.2. The fourth-order valence-electron chi connectivity index (χ4n) is 2.74. The summed E-state index contributed by atoms with van der Waals surface area (Å²) in [5.74, 6) is 0. The Hall–Kier alpha value is -1.81. The van der Waals surface area contributed by atoms with E-state index in [0.29, 0.717) is 6.04 Å². The Bertz CT molecular complexity index is 603. The molecule has 1 atom stereocenters. The van der Waals surface area contributed by atoms with Crippen LogP contribution in [0.4, 0.5) is 11.4 Å². The third-order valence-corrected chi connectivity index (χ3v) is 3.79. The molecule has 3 rings (SSSR count). The van der Waals surface area contributed by atoms with Crippen LogP contribution in [0.15, 0.2) is 24.4 Å². The zero-order valence-corrected chi connectivity index (χ0v) is 11.5. The summed E-state index contributed by atoms with van der Waals surface area (Å²) in [4.78, 5) is 6.73. The number of likely N-dealkylation sites (N-methyl/N-ethyl adjacent to an activating group) is 1. The van der Waals surface area contributed by atoms with Gasteiger partial charge in [0.1, 0.15) is 0 Å². The number of anilines is 2. The lowest BCUT2D eigenvalue weighted by Gasteiger charge is -2.18. The van der Waals surface area contributed by atoms with Crippen molar-refractivity contribution >= 4 is 22.3 Å². The van der Waals surface area contributed by atoms with Crippen LogP contribution >= 0.6 is 0 Å². The third-order valence-electron chi connectivity index (χ3n) is 3.79. The molecule has 1 aliphatic rings. The van der Waals surface area contributed by atoms with E-state index in [-0.39, 0.29) is 0 Å². The molecular weight excluding hydrogens is 236 g/mol. The summed E-state index contributed by atoms with van der Waals surface area (Å²) in [5, 5.41) is 4.72. The number of likely N-dealkylation sites (tertiary alicyclic amines) is 1. The summed E-state index contributed by atoms with van der Waals surface area (Å²) >= 11 is 0. The van der Waals surface area contributed by atoms with E-state index >= 15 is 0 Å². The van der Waals surface area contributed by atoms with Gasteiger partial charge in [-0.2, -0.15) is 0 Å². The van der Waals surface area contributed by atoms with E-state index in [2.05, 4.69) is 47.4 Å². The molecule has 0 saturated carbocycles. The second kappa shape index (κ2) is 4.70. The lowest BCUT2D eigenvalue weighted by Crippen LogP contribution is -2.24. The molecule has 0 amide bonds. The summed E-state index contributed by atoms with van der Waals surface area (Å²) in [6.45, 7) is 4.30. The molecule has 1 fully saturated rings. The van der Waals surface area contributed by atoms with Gasteiger partial charge in [-0.15, -0.1) is 0 Å². The summed E-state index contributed by atoms with van der Waals surface area (Å²) < 4.78 is 0. The van der Waals surface area contributed by atoms with Gasteiger partial charge in [0.25, 0.3) is 0 Å². The van der Waals surface area contributed by atoms with Gasteiger partial charge in [-0.25, -0.2) is 0 Å². The number of benzene rings is 1. The first-order valence-corrected chi connectivity index (χ1v) is 6.73. The maximum absolute atomic E-state index is 6.11. The van der Waals surface area contributed by atoms with Gasteiger partial charge < -0.3 is 16.0 Å². The van der Waals surface area contributed by atoms with Gasteiger partial charge in [0.2, 0.25) is 0 Å². The lowest BCUT2D eigenvalue weighted by atomic mass is 10.1. The third kappa shape index (κ3) is 2.36. The van der Waals surface area contributed by atoms with Crippen molar-refractivity contribution in [3.63, 3.8) is 0 Å². The molecule has 19 heavy (non-hydrogen) atoms. The Morgan fingerprint density at radius 2 is 2.26 bits per heavy atom. The zero-order valence-electron chi connectivity index (χ0n) is 11.5. The topological polar surface area (TPSA) is 54.2 Å². The molecule has 3 N–H and O–H groups in total. The van der Waals surface area contributed by atoms with Crippen molar-refractivity contribution in [2.24, 2.45) is 0 Å². The summed E-state index contributed by atoms with van der Waals surface area (Å²) in [6.07, 6.45) is 2.91. The Kier molecular flexibility index (Phi) is 3.03. The van der Waals surface area contributed by atoms with E-state index in [1.165, 1.54) is 5.56 Å². The highest BCUT2D eigenvalue weighted by Gasteiger charge is 2.20. The Morgan fingerprint density at radius 3 is 3.00 bits per heavy atom. The predicted molar refractivity (Wildman–Crippen MR) is 80.4 cm³/mol. The standard InChI is InChI=1S/C15H20N4/c1-10-3-4-14-12(7-10)15(13(16)8-17-14)18-11-5-6-19(2)9-11/h3-4,7-8,11H,5-6,9,16H2,1-2H3,(H,17,18). The predicted octanol–water partition coefficient (Wildman–Crippen LogP) is 2.24. The lowest BCUT2D eigenvalue weighted by molar-refractivity contribution is 0.414. The number of aryl methyl sites for hydroxylation is 1. The normalized spacial score (nSPS) is 20.0. The van der Waals surface area contributed by atoms with Crippen molar-refractivity contribution in [1.29, 1.82) is 0 Å². The van der Waals surface area contributed by atoms with Crippen LogP contribution in [0, 0.1) is 6.92 Å². The van der Waals surface area contributed by atoms with Crippen LogP contribution in [0.5, 0.6) is 0 Å². The Morgan fingerprint density at radius 1 is 1.42 bits per heavy atom. The van der Waals surface area contributed by atoms with Gasteiger partial charge in [0, 0.05) is 18.0 Å². The Labute approximate surface area is 113 Å². The van der Waals surface area contributed by atoms with Gasteiger partial charge >= 0.3 is 0 Å². The van der Waals surface area contributed by atoms with E-state index in [1.807, 2.05) is 0 Å². The number of hydrogen-bond donors (Lipinski definition) is 2. The molecule has 0 radical (unpaired) electrons. The number of nitrogens with one attached hydrogen (secondary N) is 1. The number of nitrogens with two attached hydrogens (primary N) is 1. The SMILES string of the molecule is Cc1ccc2ncc(N)c(NC3CCN(C)C3)c2c1. The first-order valence-electron chi connectivity index (χ1n) is 6.73. The smallest absolute Gasteiger partial charge is 0.0743 e. The molecule has 1 aromatic carbocycles. The van der Waals surface area contributed by atoms with Crippen molar-refractivity contribution in [2.45, 2.75) is 19.4 Å². The molecule has 1 aliphatic heterocycles. The number of nitrogen functional groups attached to an aromatic ring is 1. The van der Waals surface area contributed by atoms with Crippen molar-refractivity contribution < 1.29 is 0 Å². The highest BCUT2D eigenvalue weighted by molar-refractivity contribution is 5.97. The number of rotatable bonds is 2. The van der Waals surface area contributed by atoms with E-state index < -0.39 is 0 Å². The fraction of sp³-hybridized carbons (Fsp3) is 0.400. The fourth-order valence-corrected chi connectivity index (χ4v) is 2.74. The van der Waals surface area contributed by atoms with Crippen molar-refractivity contribution in [1.82, 2.24) is 9.88 Å². The summed E-state index contributed by atoms with van der Waals surface area (Å²) in [7, 11) is 2.15. The van der Waals surface area contributed by atoms with Crippen LogP contribution in [-0.2, 0) is 0 Å². The minimum Gasteiger partial charge on any atom is -0.396 e. The molecule has 100 valence electrons. The van der Waals surface area contributed by atoms with Crippen LogP contribution < -0.4 is 11.1 Å². The maximum atomic E-state index is 6.11. The number of pyridine rings is 1. The molecule has 2 aromatic rings. The molecule has 0 spiro atoms. The van der Waals surface area contributed by atoms with Crippen LogP contribution in [0.25, 0.3) is 10.9 Å². The quantitative estimate of drug-likeness (QED) is 0.865. The van der Waals surface area contributed by atoms with Gasteiger partial charge in [-0.05, 0) is 39.1 Å². The van der Waals surface area contributed by atoms with Crippen LogP contribution in [0.3, 0.4) is 0 Å². The monoisotopic (exact) mass is 256 g/mol. The van der Waals surface area contributed by atoms with Crippen LogP contribution in [0.2, 0.25) is 0 Å². The molecular formula is C15H20N4. The molecule has 2 heterocycles. The van der Waals surface area contributed by atoms with Gasteiger partial charge in [-0.3, -0.25) is 4.98 Å². The maximum Gasteiger partial charge on any atom is 0.0743 e. The zero-order chi connectivity index (χ0) is 13.4. The van der Waals surface area contributed by atoms with Gasteiger partial charge in [0.15, 0.2) is 0 Å². The van der Waals surface area contributed by atoms with Crippen LogP contribution in [-0.4, -0.2) is 36.1 Å². The molecule has 1 aromatic heterocycles. The Balaban J connectivity index is 2.01. The number of fused-ring (bicyclic) bond motifs is 1. The number of aromatic nitrogens is 1. The molecule has 4 nitrogen and oxygen atoms in total. The van der Waals surface area contributed by atoms with Gasteiger partial charge in [-0.1, -0.05) is 11.6 Å². The molecule has 4 heteroatoms. The summed E-state index contributed by atoms with van der Waals surface area (Å²) in [5.41, 5.74) is 10.1. The molecule has 1 saturated heterocycles. The second-order valence-corrected chi connectivity index (χ2v) is 5.50. The van der Waals surface area contributed by atoms with E-state index in [4.69, 9.17) is 5.73 Å². The van der Waals surface area contributed by atoms with Crippen molar-refractivity contribution in [3.8, 4) is 0 Å². The minimum atomic E-state index is 0.471. The van der Waals surface area contributed by atoms with Crippen molar-refractivity contribution in [2.75, 3.05) is 31.2 Å². The van der Waals surface area contributed by atoms with Gasteiger partial charge in [0.05, 0.1) is 23.1 Å². The highest BCUT2D eigenvalue weighted by atomic mass is 15.2. The van der Waals surface area contributed by atoms with E-state index in [1.54, 1.807) is 6.20 Å². The largest absolute Gasteiger partial charge is 0.396 e. The van der Waals surface area contributed by atoms with E-state index in [0.717, 1.165) is 41.8 Å². The average molecular weight is 256 g/mol.